The SMILES string of the molecule is COc1ccc(S(=O)(=O)NCCN(C)C(C)C)c(N)c1. The van der Waals surface area contributed by atoms with Gasteiger partial charge < -0.3 is 15.4 Å². The van der Waals surface area contributed by atoms with Crippen molar-refractivity contribution in [3.63, 3.8) is 0 Å². The highest BCUT2D eigenvalue weighted by atomic mass is 32.2. The van der Waals surface area contributed by atoms with Gasteiger partial charge >= 0.3 is 0 Å². The van der Waals surface area contributed by atoms with Gasteiger partial charge in [-0.15, -0.1) is 0 Å². The van der Waals surface area contributed by atoms with E-state index in [0.717, 1.165) is 0 Å². The number of likely N-dealkylation sites (N-methyl/N-ethyl adjacent to an activating group) is 1. The predicted octanol–water partition coefficient (Wildman–Crippen LogP) is 0.896. The Kier molecular flexibility index (Phi) is 5.79. The summed E-state index contributed by atoms with van der Waals surface area (Å²) in [6, 6.07) is 4.88. The Morgan fingerprint density at radius 3 is 2.55 bits per heavy atom. The van der Waals surface area contributed by atoms with Crippen LogP contribution < -0.4 is 15.2 Å². The number of nitrogens with two attached hydrogens (primary N) is 1. The minimum absolute atomic E-state index is 0.0745. The Morgan fingerprint density at radius 1 is 1.40 bits per heavy atom. The maximum absolute atomic E-state index is 12.2. The van der Waals surface area contributed by atoms with Crippen molar-refractivity contribution >= 4 is 15.7 Å². The summed E-state index contributed by atoms with van der Waals surface area (Å²) in [5.41, 5.74) is 5.93. The van der Waals surface area contributed by atoms with E-state index in [4.69, 9.17) is 10.5 Å². The van der Waals surface area contributed by atoms with Gasteiger partial charge in [-0.1, -0.05) is 0 Å². The molecule has 1 rings (SSSR count). The number of nitrogens with zero attached hydrogens (tertiary/aromatic N) is 1. The van der Waals surface area contributed by atoms with Crippen LogP contribution in [0.5, 0.6) is 5.75 Å². The van der Waals surface area contributed by atoms with Gasteiger partial charge in [0.15, 0.2) is 0 Å². The average Bonchev–Trinajstić information content (AvgIpc) is 2.37. The third-order valence-corrected chi connectivity index (χ3v) is 4.68. The predicted molar refractivity (Wildman–Crippen MR) is 80.4 cm³/mol. The summed E-state index contributed by atoms with van der Waals surface area (Å²) in [7, 11) is -0.146. The van der Waals surface area contributed by atoms with E-state index in [1.54, 1.807) is 6.07 Å². The summed E-state index contributed by atoms with van der Waals surface area (Å²) in [4.78, 5) is 2.13. The second kappa shape index (κ2) is 6.92. The normalized spacial score (nSPS) is 12.1. The minimum Gasteiger partial charge on any atom is -0.497 e. The van der Waals surface area contributed by atoms with Crippen LogP contribution in [0.2, 0.25) is 0 Å². The van der Waals surface area contributed by atoms with E-state index in [9.17, 15) is 8.42 Å². The van der Waals surface area contributed by atoms with Crippen molar-refractivity contribution in [1.29, 1.82) is 0 Å². The molecule has 0 aliphatic carbocycles. The van der Waals surface area contributed by atoms with Crippen molar-refractivity contribution in [2.75, 3.05) is 33.0 Å². The third-order valence-electron chi connectivity index (χ3n) is 3.14. The Morgan fingerprint density at radius 2 is 2.05 bits per heavy atom. The van der Waals surface area contributed by atoms with Crippen LogP contribution in [0.25, 0.3) is 0 Å². The van der Waals surface area contributed by atoms with Crippen LogP contribution in [0, 0.1) is 0 Å². The topological polar surface area (TPSA) is 84.7 Å². The molecule has 0 aromatic heterocycles. The van der Waals surface area contributed by atoms with Crippen LogP contribution in [0.15, 0.2) is 23.1 Å². The molecule has 0 atom stereocenters. The summed E-state index contributed by atoms with van der Waals surface area (Å²) in [6.07, 6.45) is 0. The van der Waals surface area contributed by atoms with Gasteiger partial charge in [-0.2, -0.15) is 0 Å². The molecule has 6 nitrogen and oxygen atoms in total. The standard InChI is InChI=1S/C13H23N3O3S/c1-10(2)16(3)8-7-15-20(17,18)13-6-5-11(19-4)9-12(13)14/h5-6,9-10,15H,7-8,14H2,1-4H3. The molecule has 3 N–H and O–H groups in total. The summed E-state index contributed by atoms with van der Waals surface area (Å²) in [5.74, 6) is 0.529. The van der Waals surface area contributed by atoms with Gasteiger partial charge in [0.2, 0.25) is 10.0 Å². The highest BCUT2D eigenvalue weighted by Crippen LogP contribution is 2.23. The molecule has 0 amide bonds. The maximum Gasteiger partial charge on any atom is 0.242 e. The third kappa shape index (κ3) is 4.36. The van der Waals surface area contributed by atoms with Crippen molar-refractivity contribution in [1.82, 2.24) is 9.62 Å². The lowest BCUT2D eigenvalue weighted by molar-refractivity contribution is 0.278. The molecular formula is C13H23N3O3S. The van der Waals surface area contributed by atoms with Gasteiger partial charge in [0.1, 0.15) is 10.6 Å². The van der Waals surface area contributed by atoms with Crippen molar-refractivity contribution < 1.29 is 13.2 Å². The Hall–Kier alpha value is -1.31. The van der Waals surface area contributed by atoms with Gasteiger partial charge in [-0.3, -0.25) is 0 Å². The lowest BCUT2D eigenvalue weighted by Gasteiger charge is -2.21. The summed E-state index contributed by atoms with van der Waals surface area (Å²) in [5, 5.41) is 0. The molecule has 0 aliphatic rings. The Balaban J connectivity index is 2.74. The number of methoxy groups -OCH3 is 1. The first kappa shape index (κ1) is 16.7. The molecule has 20 heavy (non-hydrogen) atoms. The molecule has 0 saturated heterocycles. The fourth-order valence-electron chi connectivity index (χ4n) is 1.59. The molecule has 114 valence electrons. The first-order valence-electron chi connectivity index (χ1n) is 6.41. The van der Waals surface area contributed by atoms with Crippen molar-refractivity contribution in [2.24, 2.45) is 0 Å². The van der Waals surface area contributed by atoms with E-state index in [1.807, 2.05) is 7.05 Å². The smallest absolute Gasteiger partial charge is 0.242 e. The summed E-state index contributed by atoms with van der Waals surface area (Å²) in [6.45, 7) is 5.07. The number of benzene rings is 1. The molecule has 0 bridgehead atoms. The number of sulfonamides is 1. The van der Waals surface area contributed by atoms with Crippen LogP contribution in [-0.2, 0) is 10.0 Å². The van der Waals surface area contributed by atoms with Gasteiger partial charge in [0.25, 0.3) is 0 Å². The first-order valence-corrected chi connectivity index (χ1v) is 7.89. The van der Waals surface area contributed by atoms with E-state index >= 15 is 0 Å². The van der Waals surface area contributed by atoms with Crippen LogP contribution >= 0.6 is 0 Å². The van der Waals surface area contributed by atoms with Gasteiger partial charge in [-0.25, -0.2) is 13.1 Å². The lowest BCUT2D eigenvalue weighted by atomic mass is 10.3. The van der Waals surface area contributed by atoms with Crippen molar-refractivity contribution in [2.45, 2.75) is 24.8 Å². The fraction of sp³-hybridized carbons (Fsp3) is 0.538. The number of hydrogen-bond donors (Lipinski definition) is 2. The second-order valence-electron chi connectivity index (χ2n) is 4.88. The van der Waals surface area contributed by atoms with Gasteiger partial charge in [-0.05, 0) is 33.0 Å². The maximum atomic E-state index is 12.2. The van der Waals surface area contributed by atoms with Crippen LogP contribution in [-0.4, -0.2) is 46.6 Å². The second-order valence-corrected chi connectivity index (χ2v) is 6.61. The zero-order chi connectivity index (χ0) is 15.3. The van der Waals surface area contributed by atoms with Crippen LogP contribution in [0.1, 0.15) is 13.8 Å². The van der Waals surface area contributed by atoms with Gasteiger partial charge in [0, 0.05) is 25.2 Å². The van der Waals surface area contributed by atoms with Crippen LogP contribution in [0.4, 0.5) is 5.69 Å². The summed E-state index contributed by atoms with van der Waals surface area (Å²) >= 11 is 0. The van der Waals surface area contributed by atoms with Crippen LogP contribution in [0.3, 0.4) is 0 Å². The van der Waals surface area contributed by atoms with Crippen molar-refractivity contribution in [3.8, 4) is 5.75 Å². The lowest BCUT2D eigenvalue weighted by Crippen LogP contribution is -2.36. The molecule has 0 aliphatic heterocycles. The number of ether oxygens (including phenoxy) is 1. The number of hydrogen-bond acceptors (Lipinski definition) is 5. The van der Waals surface area contributed by atoms with E-state index in [2.05, 4.69) is 23.5 Å². The van der Waals surface area contributed by atoms with E-state index in [-0.39, 0.29) is 10.6 Å². The van der Waals surface area contributed by atoms with E-state index < -0.39 is 10.0 Å². The molecular weight excluding hydrogens is 278 g/mol. The number of nitrogens with one attached hydrogen (secondary N) is 1. The average molecular weight is 301 g/mol. The van der Waals surface area contributed by atoms with Crippen molar-refractivity contribution in [3.05, 3.63) is 18.2 Å². The molecule has 0 unspecified atom stereocenters. The summed E-state index contributed by atoms with van der Waals surface area (Å²) < 4.78 is 31.9. The number of anilines is 1. The molecule has 0 spiro atoms. The number of nitrogen functional groups attached to an aromatic ring is 1. The molecule has 7 heteroatoms. The largest absolute Gasteiger partial charge is 0.497 e. The zero-order valence-electron chi connectivity index (χ0n) is 12.4. The quantitative estimate of drug-likeness (QED) is 0.731. The molecule has 1 aromatic rings. The fourth-order valence-corrected chi connectivity index (χ4v) is 2.72. The monoisotopic (exact) mass is 301 g/mol. The molecule has 0 fully saturated rings. The van der Waals surface area contributed by atoms with E-state index in [1.165, 1.54) is 19.2 Å². The Bertz CT molecular complexity index is 544. The molecule has 0 saturated carbocycles. The molecule has 0 heterocycles. The minimum atomic E-state index is -3.59. The first-order chi connectivity index (χ1) is 9.27. The number of rotatable bonds is 7. The molecule has 1 aromatic carbocycles. The highest BCUT2D eigenvalue weighted by Gasteiger charge is 2.17. The highest BCUT2D eigenvalue weighted by molar-refractivity contribution is 7.89. The van der Waals surface area contributed by atoms with Gasteiger partial charge in [0.05, 0.1) is 12.8 Å². The van der Waals surface area contributed by atoms with E-state index in [0.29, 0.717) is 24.9 Å². The molecule has 0 radical (unpaired) electrons. The zero-order valence-corrected chi connectivity index (χ0v) is 13.2. The Labute approximate surface area is 121 Å².